The van der Waals surface area contributed by atoms with Gasteiger partial charge >= 0.3 is 0 Å². The molecule has 0 amide bonds. The van der Waals surface area contributed by atoms with E-state index >= 15 is 0 Å². The molecule has 2 rings (SSSR count). The van der Waals surface area contributed by atoms with Gasteiger partial charge in [0.15, 0.2) is 0 Å². The average Bonchev–Trinajstić information content (AvgIpc) is 2.65. The summed E-state index contributed by atoms with van der Waals surface area (Å²) >= 11 is 0. The molecule has 0 saturated heterocycles. The normalized spacial score (nSPS) is 12.7. The van der Waals surface area contributed by atoms with Crippen molar-refractivity contribution in [3.63, 3.8) is 0 Å². The van der Waals surface area contributed by atoms with E-state index in [0.29, 0.717) is 5.56 Å². The van der Waals surface area contributed by atoms with E-state index in [0.717, 1.165) is 11.3 Å². The Balaban J connectivity index is 2.36. The van der Waals surface area contributed by atoms with E-state index in [1.165, 1.54) is 6.07 Å². The summed E-state index contributed by atoms with van der Waals surface area (Å²) in [5, 5.41) is 0. The van der Waals surface area contributed by atoms with Gasteiger partial charge in [-0.25, -0.2) is 4.39 Å². The van der Waals surface area contributed by atoms with Crippen LogP contribution in [0.5, 0.6) is 0 Å². The fraction of sp³-hybridized carbons (Fsp3) is 0.167. The monoisotopic (exact) mass is 205 g/mol. The second-order valence-electron chi connectivity index (χ2n) is 3.49. The molecule has 0 radical (unpaired) electrons. The number of furan rings is 1. The van der Waals surface area contributed by atoms with Gasteiger partial charge in [0, 0.05) is 11.1 Å². The molecule has 2 N–H and O–H groups in total. The lowest BCUT2D eigenvalue weighted by atomic mass is 10.0. The van der Waals surface area contributed by atoms with Crippen LogP contribution in [0.25, 0.3) is 0 Å². The molecule has 2 nitrogen and oxygen atoms in total. The number of aryl methyl sites for hydroxylation is 1. The van der Waals surface area contributed by atoms with Crippen molar-refractivity contribution in [3.05, 3.63) is 59.3 Å². The summed E-state index contributed by atoms with van der Waals surface area (Å²) in [7, 11) is 0. The van der Waals surface area contributed by atoms with Crippen molar-refractivity contribution in [2.45, 2.75) is 13.0 Å². The zero-order chi connectivity index (χ0) is 10.8. The highest BCUT2D eigenvalue weighted by molar-refractivity contribution is 5.31. The Hall–Kier alpha value is -1.61. The first-order valence-electron chi connectivity index (χ1n) is 4.73. The summed E-state index contributed by atoms with van der Waals surface area (Å²) < 4.78 is 18.6. The van der Waals surface area contributed by atoms with Gasteiger partial charge in [0.25, 0.3) is 0 Å². The van der Waals surface area contributed by atoms with Gasteiger partial charge in [-0.1, -0.05) is 18.2 Å². The number of nitrogens with two attached hydrogens (primary N) is 1. The van der Waals surface area contributed by atoms with E-state index in [1.807, 2.05) is 13.0 Å². The van der Waals surface area contributed by atoms with Gasteiger partial charge in [0.05, 0.1) is 12.3 Å². The van der Waals surface area contributed by atoms with Crippen molar-refractivity contribution in [3.8, 4) is 0 Å². The third kappa shape index (κ3) is 1.92. The Morgan fingerprint density at radius 3 is 2.67 bits per heavy atom. The van der Waals surface area contributed by atoms with Crippen LogP contribution in [0.1, 0.15) is 22.9 Å². The van der Waals surface area contributed by atoms with E-state index in [2.05, 4.69) is 0 Å². The van der Waals surface area contributed by atoms with Gasteiger partial charge in [-0.15, -0.1) is 0 Å². The highest BCUT2D eigenvalue weighted by Gasteiger charge is 2.14. The van der Waals surface area contributed by atoms with Crippen molar-refractivity contribution in [1.29, 1.82) is 0 Å². The summed E-state index contributed by atoms with van der Waals surface area (Å²) in [6.07, 6.45) is 1.56. The maximum Gasteiger partial charge on any atom is 0.128 e. The number of hydrogen-bond donors (Lipinski definition) is 1. The molecule has 1 aromatic heterocycles. The Morgan fingerprint density at radius 2 is 2.07 bits per heavy atom. The molecule has 15 heavy (non-hydrogen) atoms. The zero-order valence-electron chi connectivity index (χ0n) is 8.41. The lowest BCUT2D eigenvalue weighted by Gasteiger charge is -2.10. The van der Waals surface area contributed by atoms with Crippen LogP contribution < -0.4 is 5.73 Å². The highest BCUT2D eigenvalue weighted by Crippen LogP contribution is 2.23. The lowest BCUT2D eigenvalue weighted by Crippen LogP contribution is -2.12. The van der Waals surface area contributed by atoms with Crippen LogP contribution in [0.15, 0.2) is 41.0 Å². The second-order valence-corrected chi connectivity index (χ2v) is 3.49. The Morgan fingerprint density at radius 1 is 1.33 bits per heavy atom. The Bertz CT molecular complexity index is 464. The van der Waals surface area contributed by atoms with Crippen LogP contribution in [0, 0.1) is 12.7 Å². The molecule has 2 aromatic rings. The van der Waals surface area contributed by atoms with Crippen LogP contribution in [0.3, 0.4) is 0 Å². The summed E-state index contributed by atoms with van der Waals surface area (Å²) in [5.74, 6) is 0.487. The van der Waals surface area contributed by atoms with E-state index < -0.39 is 6.04 Å². The number of rotatable bonds is 2. The smallest absolute Gasteiger partial charge is 0.128 e. The maximum absolute atomic E-state index is 13.4. The largest absolute Gasteiger partial charge is 0.469 e. The number of benzene rings is 1. The zero-order valence-corrected chi connectivity index (χ0v) is 8.41. The van der Waals surface area contributed by atoms with Gasteiger partial charge in [0.2, 0.25) is 0 Å². The molecule has 0 aliphatic rings. The van der Waals surface area contributed by atoms with E-state index in [1.54, 1.807) is 24.5 Å². The molecule has 1 unspecified atom stereocenters. The fourth-order valence-electron chi connectivity index (χ4n) is 1.53. The number of hydrogen-bond acceptors (Lipinski definition) is 2. The van der Waals surface area contributed by atoms with E-state index in [-0.39, 0.29) is 5.82 Å². The maximum atomic E-state index is 13.4. The SMILES string of the molecule is Cc1cc(C(N)c2ccccc2F)co1. The van der Waals surface area contributed by atoms with Gasteiger partial charge in [-0.3, -0.25) is 0 Å². The topological polar surface area (TPSA) is 39.2 Å². The first-order chi connectivity index (χ1) is 7.18. The molecule has 0 saturated carbocycles. The van der Waals surface area contributed by atoms with Crippen LogP contribution in [0.4, 0.5) is 4.39 Å². The molecule has 0 aliphatic heterocycles. The fourth-order valence-corrected chi connectivity index (χ4v) is 1.53. The van der Waals surface area contributed by atoms with Crippen molar-refractivity contribution in [2.24, 2.45) is 5.73 Å². The molecule has 3 heteroatoms. The Labute approximate surface area is 87.5 Å². The average molecular weight is 205 g/mol. The number of halogens is 1. The third-order valence-corrected chi connectivity index (χ3v) is 2.35. The van der Waals surface area contributed by atoms with Gasteiger partial charge < -0.3 is 10.2 Å². The Kier molecular flexibility index (Phi) is 2.56. The van der Waals surface area contributed by atoms with Crippen molar-refractivity contribution in [2.75, 3.05) is 0 Å². The van der Waals surface area contributed by atoms with E-state index in [9.17, 15) is 4.39 Å². The lowest BCUT2D eigenvalue weighted by molar-refractivity contribution is 0.529. The minimum atomic E-state index is -0.469. The van der Waals surface area contributed by atoms with Crippen molar-refractivity contribution >= 4 is 0 Å². The predicted octanol–water partition coefficient (Wildman–Crippen LogP) is 2.78. The molecular formula is C12H12FNO. The van der Waals surface area contributed by atoms with Gasteiger partial charge in [-0.05, 0) is 19.1 Å². The van der Waals surface area contributed by atoms with Crippen LogP contribution in [-0.4, -0.2) is 0 Å². The first kappa shape index (κ1) is 9.93. The minimum Gasteiger partial charge on any atom is -0.469 e. The summed E-state index contributed by atoms with van der Waals surface area (Å²) in [6.45, 7) is 1.83. The molecule has 78 valence electrons. The summed E-state index contributed by atoms with van der Waals surface area (Å²) in [6, 6.07) is 7.85. The standard InChI is InChI=1S/C12H12FNO/c1-8-6-9(7-15-8)12(14)10-4-2-3-5-11(10)13/h2-7,12H,14H2,1H3. The molecule has 0 bridgehead atoms. The van der Waals surface area contributed by atoms with Crippen LogP contribution in [-0.2, 0) is 0 Å². The molecule has 0 spiro atoms. The molecular weight excluding hydrogens is 193 g/mol. The summed E-state index contributed by atoms with van der Waals surface area (Å²) in [4.78, 5) is 0. The summed E-state index contributed by atoms with van der Waals surface area (Å²) in [5.41, 5.74) is 7.20. The molecule has 1 heterocycles. The molecule has 0 aliphatic carbocycles. The highest BCUT2D eigenvalue weighted by atomic mass is 19.1. The first-order valence-corrected chi connectivity index (χ1v) is 4.73. The van der Waals surface area contributed by atoms with Gasteiger partial charge in [0.1, 0.15) is 11.6 Å². The predicted molar refractivity (Wildman–Crippen MR) is 55.9 cm³/mol. The van der Waals surface area contributed by atoms with Crippen molar-refractivity contribution < 1.29 is 8.81 Å². The molecule has 0 fully saturated rings. The van der Waals surface area contributed by atoms with Crippen molar-refractivity contribution in [1.82, 2.24) is 0 Å². The van der Waals surface area contributed by atoms with Crippen LogP contribution >= 0.6 is 0 Å². The van der Waals surface area contributed by atoms with Gasteiger partial charge in [-0.2, -0.15) is 0 Å². The molecule has 1 aromatic carbocycles. The molecule has 1 atom stereocenters. The van der Waals surface area contributed by atoms with E-state index in [4.69, 9.17) is 10.2 Å². The minimum absolute atomic E-state index is 0.288. The van der Waals surface area contributed by atoms with Crippen LogP contribution in [0.2, 0.25) is 0 Å². The second kappa shape index (κ2) is 3.87. The third-order valence-electron chi connectivity index (χ3n) is 2.35. The quantitative estimate of drug-likeness (QED) is 0.818.